The zero-order chi connectivity index (χ0) is 25.5. The molecule has 0 aliphatic carbocycles. The van der Waals surface area contributed by atoms with Crippen LogP contribution in [0.2, 0.25) is 0 Å². The van der Waals surface area contributed by atoms with E-state index in [4.69, 9.17) is 4.74 Å². The van der Waals surface area contributed by atoms with Crippen LogP contribution in [-0.2, 0) is 22.6 Å². The maximum Gasteiger partial charge on any atom is 0.322 e. The predicted molar refractivity (Wildman–Crippen MR) is 136 cm³/mol. The van der Waals surface area contributed by atoms with Crippen LogP contribution >= 0.6 is 11.3 Å². The topological polar surface area (TPSA) is 61.9 Å². The first-order chi connectivity index (χ1) is 17.4. The largest absolute Gasteiger partial charge is 0.376 e. The molecule has 1 atom stereocenters. The van der Waals surface area contributed by atoms with Gasteiger partial charge in [-0.3, -0.25) is 4.79 Å². The van der Waals surface area contributed by atoms with Crippen LogP contribution in [0, 0.1) is 18.6 Å². The average Bonchev–Trinajstić information content (AvgIpc) is 3.52. The standard InChI is InChI=1S/C27H29F2N3O3S/c1-19-11-13-36-25(19)17-31(15-20-6-3-2-4-7-20)26(33)18-32(16-22-8-5-12-35-22)27(34)30-24-10-9-21(28)14-23(24)29/h2-4,6-7,9-11,13-14,22H,5,8,12,15-18H2,1H3,(H,30,34). The summed E-state index contributed by atoms with van der Waals surface area (Å²) in [6.07, 6.45) is 1.44. The monoisotopic (exact) mass is 513 g/mol. The third-order valence-corrected chi connectivity index (χ3v) is 7.11. The summed E-state index contributed by atoms with van der Waals surface area (Å²) >= 11 is 1.58. The molecule has 1 N–H and O–H groups in total. The number of halogens is 2. The predicted octanol–water partition coefficient (Wildman–Crippen LogP) is 5.58. The lowest BCUT2D eigenvalue weighted by molar-refractivity contribution is -0.133. The fourth-order valence-electron chi connectivity index (χ4n) is 4.08. The number of hydrogen-bond donors (Lipinski definition) is 1. The minimum Gasteiger partial charge on any atom is -0.376 e. The molecular formula is C27H29F2N3O3S. The first-order valence-corrected chi connectivity index (χ1v) is 12.7. The lowest BCUT2D eigenvalue weighted by atomic mass is 10.2. The maximum absolute atomic E-state index is 14.2. The van der Waals surface area contributed by atoms with Crippen LogP contribution in [0.25, 0.3) is 0 Å². The third kappa shape index (κ3) is 6.89. The van der Waals surface area contributed by atoms with Gasteiger partial charge in [0.25, 0.3) is 0 Å². The molecule has 6 nitrogen and oxygen atoms in total. The Balaban J connectivity index is 1.53. The summed E-state index contributed by atoms with van der Waals surface area (Å²) in [5.74, 6) is -1.86. The van der Waals surface area contributed by atoms with Crippen molar-refractivity contribution in [1.82, 2.24) is 9.80 Å². The minimum absolute atomic E-state index is 0.151. The van der Waals surface area contributed by atoms with E-state index in [-0.39, 0.29) is 30.8 Å². The van der Waals surface area contributed by atoms with Crippen LogP contribution in [0.3, 0.4) is 0 Å². The van der Waals surface area contributed by atoms with Crippen molar-refractivity contribution in [3.05, 3.63) is 87.6 Å². The molecule has 2 aromatic carbocycles. The molecule has 36 heavy (non-hydrogen) atoms. The van der Waals surface area contributed by atoms with E-state index in [9.17, 15) is 18.4 Å². The van der Waals surface area contributed by atoms with Crippen LogP contribution in [0.4, 0.5) is 19.3 Å². The van der Waals surface area contributed by atoms with E-state index in [0.717, 1.165) is 41.0 Å². The number of anilines is 1. The van der Waals surface area contributed by atoms with Gasteiger partial charge in [0.2, 0.25) is 5.91 Å². The Morgan fingerprint density at radius 3 is 2.56 bits per heavy atom. The van der Waals surface area contributed by atoms with Crippen LogP contribution in [0.1, 0.15) is 28.8 Å². The number of nitrogens with zero attached hydrogens (tertiary/aromatic N) is 2. The molecule has 4 rings (SSSR count). The van der Waals surface area contributed by atoms with Crippen molar-refractivity contribution in [2.45, 2.75) is 39.0 Å². The van der Waals surface area contributed by atoms with E-state index < -0.39 is 17.7 Å². The SMILES string of the molecule is Cc1ccsc1CN(Cc1ccccc1)C(=O)CN(CC1CCCO1)C(=O)Nc1ccc(F)cc1F. The van der Waals surface area contributed by atoms with E-state index in [2.05, 4.69) is 5.32 Å². The second-order valence-corrected chi connectivity index (χ2v) is 9.83. The normalized spacial score (nSPS) is 15.0. The Morgan fingerprint density at radius 1 is 1.08 bits per heavy atom. The summed E-state index contributed by atoms with van der Waals surface area (Å²) in [5, 5.41) is 4.47. The fourth-order valence-corrected chi connectivity index (χ4v) is 5.00. The Hall–Kier alpha value is -3.30. The number of aryl methyl sites for hydroxylation is 1. The second kappa shape index (κ2) is 12.1. The number of carbonyl (C=O) groups is 2. The van der Waals surface area contributed by atoms with Gasteiger partial charge in [0, 0.05) is 30.6 Å². The van der Waals surface area contributed by atoms with Gasteiger partial charge >= 0.3 is 6.03 Å². The van der Waals surface area contributed by atoms with Crippen LogP contribution < -0.4 is 5.32 Å². The number of urea groups is 1. The summed E-state index contributed by atoms with van der Waals surface area (Å²) < 4.78 is 33.2. The van der Waals surface area contributed by atoms with Gasteiger partial charge < -0.3 is 19.9 Å². The van der Waals surface area contributed by atoms with Crippen LogP contribution in [-0.4, -0.2) is 47.5 Å². The maximum atomic E-state index is 14.2. The molecule has 1 saturated heterocycles. The number of ether oxygens (including phenoxy) is 1. The molecule has 2 heterocycles. The van der Waals surface area contributed by atoms with Crippen molar-refractivity contribution < 1.29 is 23.1 Å². The molecule has 0 bridgehead atoms. The lowest BCUT2D eigenvalue weighted by Crippen LogP contribution is -2.47. The van der Waals surface area contributed by atoms with Gasteiger partial charge in [-0.2, -0.15) is 0 Å². The van der Waals surface area contributed by atoms with E-state index in [1.807, 2.05) is 48.7 Å². The molecule has 1 fully saturated rings. The first kappa shape index (κ1) is 25.8. The molecular weight excluding hydrogens is 484 g/mol. The number of benzene rings is 2. The number of hydrogen-bond acceptors (Lipinski definition) is 4. The molecule has 190 valence electrons. The number of amides is 3. The highest BCUT2D eigenvalue weighted by molar-refractivity contribution is 7.10. The van der Waals surface area contributed by atoms with Crippen molar-refractivity contribution in [2.75, 3.05) is 25.0 Å². The number of nitrogens with one attached hydrogen (secondary N) is 1. The van der Waals surface area contributed by atoms with Crippen molar-refractivity contribution >= 4 is 29.0 Å². The molecule has 0 radical (unpaired) electrons. The van der Waals surface area contributed by atoms with Crippen molar-refractivity contribution in [1.29, 1.82) is 0 Å². The Morgan fingerprint density at radius 2 is 1.89 bits per heavy atom. The molecule has 0 saturated carbocycles. The quantitative estimate of drug-likeness (QED) is 0.407. The molecule has 3 aromatic rings. The highest BCUT2D eigenvalue weighted by atomic mass is 32.1. The van der Waals surface area contributed by atoms with Gasteiger partial charge in [0.05, 0.1) is 18.3 Å². The number of rotatable bonds is 9. The van der Waals surface area contributed by atoms with Gasteiger partial charge in [-0.1, -0.05) is 30.3 Å². The third-order valence-electron chi connectivity index (χ3n) is 6.11. The summed E-state index contributed by atoms with van der Waals surface area (Å²) in [4.78, 5) is 30.9. The molecule has 1 aromatic heterocycles. The molecule has 1 unspecified atom stereocenters. The molecule has 1 aliphatic rings. The minimum atomic E-state index is -0.884. The van der Waals surface area contributed by atoms with E-state index in [0.29, 0.717) is 25.8 Å². The molecule has 0 spiro atoms. The Labute approximate surface area is 213 Å². The van der Waals surface area contributed by atoms with Crippen molar-refractivity contribution in [2.24, 2.45) is 0 Å². The zero-order valence-corrected chi connectivity index (χ0v) is 20.9. The average molecular weight is 514 g/mol. The van der Waals surface area contributed by atoms with Crippen LogP contribution in [0.15, 0.2) is 60.0 Å². The molecule has 9 heteroatoms. The van der Waals surface area contributed by atoms with Gasteiger partial charge in [0.15, 0.2) is 0 Å². The number of carbonyl (C=O) groups excluding carboxylic acids is 2. The smallest absolute Gasteiger partial charge is 0.322 e. The van der Waals surface area contributed by atoms with E-state index >= 15 is 0 Å². The van der Waals surface area contributed by atoms with Crippen molar-refractivity contribution in [3.8, 4) is 0 Å². The summed E-state index contributed by atoms with van der Waals surface area (Å²) in [5.41, 5.74) is 1.93. The highest BCUT2D eigenvalue weighted by Gasteiger charge is 2.27. The summed E-state index contributed by atoms with van der Waals surface area (Å²) in [6, 6.07) is 14.0. The van der Waals surface area contributed by atoms with E-state index in [1.165, 1.54) is 4.90 Å². The van der Waals surface area contributed by atoms with Gasteiger partial charge in [-0.15, -0.1) is 11.3 Å². The lowest BCUT2D eigenvalue weighted by Gasteiger charge is -2.29. The summed E-state index contributed by atoms with van der Waals surface area (Å²) in [7, 11) is 0. The Bertz CT molecular complexity index is 1180. The van der Waals surface area contributed by atoms with Crippen molar-refractivity contribution in [3.63, 3.8) is 0 Å². The molecule has 3 amide bonds. The molecule has 1 aliphatic heterocycles. The second-order valence-electron chi connectivity index (χ2n) is 8.83. The van der Waals surface area contributed by atoms with Gasteiger partial charge in [0.1, 0.15) is 18.2 Å². The number of thiophene rings is 1. The fraction of sp³-hybridized carbons (Fsp3) is 0.333. The van der Waals surface area contributed by atoms with Gasteiger partial charge in [-0.25, -0.2) is 13.6 Å². The van der Waals surface area contributed by atoms with Gasteiger partial charge in [-0.05, 0) is 54.5 Å². The first-order valence-electron chi connectivity index (χ1n) is 11.9. The van der Waals surface area contributed by atoms with E-state index in [1.54, 1.807) is 16.2 Å². The zero-order valence-electron chi connectivity index (χ0n) is 20.1. The highest BCUT2D eigenvalue weighted by Crippen LogP contribution is 2.21. The Kier molecular flexibility index (Phi) is 8.66. The summed E-state index contributed by atoms with van der Waals surface area (Å²) in [6.45, 7) is 3.39. The van der Waals surface area contributed by atoms with Crippen LogP contribution in [0.5, 0.6) is 0 Å².